The summed E-state index contributed by atoms with van der Waals surface area (Å²) in [4.78, 5) is 24.5. The molecule has 0 saturated carbocycles. The minimum atomic E-state index is -3.89. The van der Waals surface area contributed by atoms with Crippen LogP contribution in [0.5, 0.6) is 11.5 Å². The highest BCUT2D eigenvalue weighted by atomic mass is 32.2. The van der Waals surface area contributed by atoms with Crippen molar-refractivity contribution in [1.82, 2.24) is 4.31 Å². The van der Waals surface area contributed by atoms with E-state index < -0.39 is 39.8 Å². The van der Waals surface area contributed by atoms with Gasteiger partial charge in [-0.3, -0.25) is 4.79 Å². The van der Waals surface area contributed by atoms with Crippen LogP contribution in [0, 0.1) is 5.82 Å². The average molecular weight is 451 g/mol. The molecule has 0 aliphatic carbocycles. The summed E-state index contributed by atoms with van der Waals surface area (Å²) in [5, 5.41) is 0. The molecule has 1 aliphatic heterocycles. The van der Waals surface area contributed by atoms with Gasteiger partial charge < -0.3 is 14.2 Å². The highest BCUT2D eigenvalue weighted by Crippen LogP contribution is 2.31. The Kier molecular flexibility index (Phi) is 6.91. The zero-order chi connectivity index (χ0) is 22.6. The lowest BCUT2D eigenvalue weighted by Crippen LogP contribution is -2.30. The molecular weight excluding hydrogens is 429 g/mol. The molecule has 10 heteroatoms. The molecule has 0 spiro atoms. The summed E-state index contributed by atoms with van der Waals surface area (Å²) in [6.07, 6.45) is 0. The Balaban J connectivity index is 1.74. The number of rotatable bonds is 8. The number of fused-ring (bicyclic) bond motifs is 1. The lowest BCUT2D eigenvalue weighted by atomic mass is 10.1. The molecule has 31 heavy (non-hydrogen) atoms. The third-order valence-electron chi connectivity index (χ3n) is 4.70. The molecule has 0 unspecified atom stereocenters. The lowest BCUT2D eigenvalue weighted by Gasteiger charge is -2.19. The van der Waals surface area contributed by atoms with E-state index in [0.29, 0.717) is 24.7 Å². The second-order valence-corrected chi connectivity index (χ2v) is 8.53. The topological polar surface area (TPSA) is 99.2 Å². The Morgan fingerprint density at radius 3 is 2.39 bits per heavy atom. The van der Waals surface area contributed by atoms with Crippen LogP contribution in [0.2, 0.25) is 0 Å². The van der Waals surface area contributed by atoms with Crippen molar-refractivity contribution >= 4 is 21.8 Å². The Morgan fingerprint density at radius 2 is 1.71 bits per heavy atom. The standard InChI is InChI=1S/C21H22FNO7S/c1-3-23(4-2)31(26,27)15-6-7-17(22)16(12-15)21(25)30-13-18(24)14-5-8-19-20(11-14)29-10-9-28-19/h5-8,11-12H,3-4,9-10,13H2,1-2H3. The summed E-state index contributed by atoms with van der Waals surface area (Å²) in [5.74, 6) is -1.70. The minimum Gasteiger partial charge on any atom is -0.486 e. The molecule has 0 fully saturated rings. The van der Waals surface area contributed by atoms with Crippen molar-refractivity contribution in [2.24, 2.45) is 0 Å². The number of Topliss-reactive ketones (excluding diaryl/α,β-unsaturated/α-hetero) is 1. The van der Waals surface area contributed by atoms with Crippen molar-refractivity contribution in [3.05, 3.63) is 53.3 Å². The summed E-state index contributed by atoms with van der Waals surface area (Å²) >= 11 is 0. The number of carbonyl (C=O) groups excluding carboxylic acids is 2. The van der Waals surface area contributed by atoms with E-state index in [0.717, 1.165) is 18.2 Å². The third-order valence-corrected chi connectivity index (χ3v) is 6.75. The number of hydrogen-bond acceptors (Lipinski definition) is 7. The van der Waals surface area contributed by atoms with Crippen LogP contribution in [0.4, 0.5) is 4.39 Å². The molecule has 0 aromatic heterocycles. The van der Waals surface area contributed by atoms with Gasteiger partial charge in [-0.15, -0.1) is 0 Å². The van der Waals surface area contributed by atoms with E-state index in [-0.39, 0.29) is 23.5 Å². The molecule has 3 rings (SSSR count). The van der Waals surface area contributed by atoms with E-state index in [4.69, 9.17) is 14.2 Å². The van der Waals surface area contributed by atoms with Crippen molar-refractivity contribution in [1.29, 1.82) is 0 Å². The number of nitrogens with zero attached hydrogens (tertiary/aromatic N) is 1. The van der Waals surface area contributed by atoms with Crippen molar-refractivity contribution in [3.63, 3.8) is 0 Å². The van der Waals surface area contributed by atoms with Gasteiger partial charge in [0, 0.05) is 18.7 Å². The number of ether oxygens (including phenoxy) is 3. The van der Waals surface area contributed by atoms with Gasteiger partial charge in [0.2, 0.25) is 10.0 Å². The predicted molar refractivity (Wildman–Crippen MR) is 109 cm³/mol. The van der Waals surface area contributed by atoms with Crippen LogP contribution in [-0.4, -0.2) is 57.4 Å². The van der Waals surface area contributed by atoms with Gasteiger partial charge in [0.15, 0.2) is 23.9 Å². The Bertz CT molecular complexity index is 1100. The summed E-state index contributed by atoms with van der Waals surface area (Å²) in [6.45, 7) is 3.90. The van der Waals surface area contributed by atoms with Gasteiger partial charge >= 0.3 is 5.97 Å². The maximum Gasteiger partial charge on any atom is 0.341 e. The maximum absolute atomic E-state index is 14.2. The molecule has 2 aromatic rings. The molecule has 0 bridgehead atoms. The molecule has 0 saturated heterocycles. The third kappa shape index (κ3) is 4.86. The maximum atomic E-state index is 14.2. The van der Waals surface area contributed by atoms with Crippen LogP contribution >= 0.6 is 0 Å². The SMILES string of the molecule is CCN(CC)S(=O)(=O)c1ccc(F)c(C(=O)OCC(=O)c2ccc3c(c2)OCCO3)c1. The number of halogens is 1. The zero-order valence-electron chi connectivity index (χ0n) is 17.1. The number of sulfonamides is 1. The van der Waals surface area contributed by atoms with E-state index in [1.165, 1.54) is 16.4 Å². The Hall–Kier alpha value is -2.98. The van der Waals surface area contributed by atoms with Crippen molar-refractivity contribution in [2.75, 3.05) is 32.9 Å². The van der Waals surface area contributed by atoms with Gasteiger partial charge in [-0.05, 0) is 36.4 Å². The highest BCUT2D eigenvalue weighted by Gasteiger charge is 2.25. The van der Waals surface area contributed by atoms with Gasteiger partial charge in [-0.25, -0.2) is 17.6 Å². The first-order valence-corrected chi connectivity index (χ1v) is 11.1. The fourth-order valence-corrected chi connectivity index (χ4v) is 4.53. The summed E-state index contributed by atoms with van der Waals surface area (Å²) in [6, 6.07) is 7.43. The monoisotopic (exact) mass is 451 g/mol. The van der Waals surface area contributed by atoms with E-state index in [1.54, 1.807) is 19.9 Å². The predicted octanol–water partition coefficient (Wildman–Crippen LogP) is 2.67. The Morgan fingerprint density at radius 1 is 1.03 bits per heavy atom. The smallest absolute Gasteiger partial charge is 0.341 e. The lowest BCUT2D eigenvalue weighted by molar-refractivity contribution is 0.0469. The van der Waals surface area contributed by atoms with Crippen LogP contribution in [0.3, 0.4) is 0 Å². The van der Waals surface area contributed by atoms with Crippen molar-refractivity contribution in [3.8, 4) is 11.5 Å². The number of esters is 1. The first-order valence-electron chi connectivity index (χ1n) is 9.67. The highest BCUT2D eigenvalue weighted by molar-refractivity contribution is 7.89. The minimum absolute atomic E-state index is 0.222. The van der Waals surface area contributed by atoms with Gasteiger partial charge in [0.05, 0.1) is 10.5 Å². The fourth-order valence-electron chi connectivity index (χ4n) is 3.04. The molecule has 0 amide bonds. The van der Waals surface area contributed by atoms with Gasteiger partial charge in [0.1, 0.15) is 19.0 Å². The van der Waals surface area contributed by atoms with Gasteiger partial charge in [-0.1, -0.05) is 13.8 Å². The number of hydrogen-bond donors (Lipinski definition) is 0. The normalized spacial score (nSPS) is 13.2. The van der Waals surface area contributed by atoms with E-state index in [2.05, 4.69) is 0 Å². The first-order chi connectivity index (χ1) is 14.8. The van der Waals surface area contributed by atoms with Crippen LogP contribution in [0.25, 0.3) is 0 Å². The molecular formula is C21H22FNO7S. The number of ketones is 1. The van der Waals surface area contributed by atoms with Crippen LogP contribution < -0.4 is 9.47 Å². The fraction of sp³-hybridized carbons (Fsp3) is 0.333. The number of benzene rings is 2. The first kappa shape index (κ1) is 22.7. The van der Waals surface area contributed by atoms with Gasteiger partial charge in [-0.2, -0.15) is 4.31 Å². The summed E-state index contributed by atoms with van der Waals surface area (Å²) in [5.41, 5.74) is -0.335. The molecule has 1 aliphatic rings. The van der Waals surface area contributed by atoms with Gasteiger partial charge in [0.25, 0.3) is 0 Å². The summed E-state index contributed by atoms with van der Waals surface area (Å²) in [7, 11) is -3.89. The molecule has 8 nitrogen and oxygen atoms in total. The van der Waals surface area contributed by atoms with E-state index >= 15 is 0 Å². The molecule has 2 aromatic carbocycles. The zero-order valence-corrected chi connectivity index (χ0v) is 17.9. The Labute approximate surface area is 179 Å². The number of carbonyl (C=O) groups is 2. The average Bonchev–Trinajstić information content (AvgIpc) is 2.77. The largest absolute Gasteiger partial charge is 0.486 e. The molecule has 0 radical (unpaired) electrons. The van der Waals surface area contributed by atoms with Crippen molar-refractivity contribution < 1.29 is 36.6 Å². The molecule has 1 heterocycles. The van der Waals surface area contributed by atoms with Crippen LogP contribution in [0.1, 0.15) is 34.6 Å². The van der Waals surface area contributed by atoms with Crippen LogP contribution in [-0.2, 0) is 14.8 Å². The van der Waals surface area contributed by atoms with E-state index in [1.807, 2.05) is 0 Å². The second kappa shape index (κ2) is 9.44. The molecule has 166 valence electrons. The van der Waals surface area contributed by atoms with Crippen LogP contribution in [0.15, 0.2) is 41.3 Å². The molecule has 0 N–H and O–H groups in total. The van der Waals surface area contributed by atoms with Crippen molar-refractivity contribution in [2.45, 2.75) is 18.7 Å². The second-order valence-electron chi connectivity index (χ2n) is 6.59. The quantitative estimate of drug-likeness (QED) is 0.449. The molecule has 0 atom stereocenters. The van der Waals surface area contributed by atoms with E-state index in [9.17, 15) is 22.4 Å². The summed E-state index contributed by atoms with van der Waals surface area (Å²) < 4.78 is 56.4.